The third kappa shape index (κ3) is 9.03. The molecule has 3 saturated heterocycles. The number of carbonyl (C=O) groups excluding carboxylic acids is 4. The summed E-state index contributed by atoms with van der Waals surface area (Å²) in [4.78, 5) is 65.0. The number of cyclic esters (lactones) is 1. The molecule has 0 saturated carbocycles. The van der Waals surface area contributed by atoms with Crippen molar-refractivity contribution in [1.82, 2.24) is 25.3 Å². The lowest BCUT2D eigenvalue weighted by Crippen LogP contribution is -2.60. The van der Waals surface area contributed by atoms with Gasteiger partial charge in [0.15, 0.2) is 17.7 Å². The van der Waals surface area contributed by atoms with E-state index in [4.69, 9.17) is 33.9 Å². The van der Waals surface area contributed by atoms with Gasteiger partial charge in [-0.1, -0.05) is 38.8 Å². The number of esters is 1. The number of hydrogen-bond donors (Lipinski definition) is 3. The van der Waals surface area contributed by atoms with Gasteiger partial charge in [-0.25, -0.2) is 23.9 Å². The van der Waals surface area contributed by atoms with Crippen LogP contribution in [-0.2, 0) is 38.1 Å². The van der Waals surface area contributed by atoms with Gasteiger partial charge in [0.25, 0.3) is 5.67 Å². The lowest BCUT2D eigenvalue weighted by atomic mass is 9.72. The van der Waals surface area contributed by atoms with Gasteiger partial charge in [-0.15, -0.1) is 0 Å². The van der Waals surface area contributed by atoms with Crippen LogP contribution in [0.25, 0.3) is 11.3 Å². The highest BCUT2D eigenvalue weighted by Gasteiger charge is 2.59. The maximum atomic E-state index is 16.7. The highest BCUT2D eigenvalue weighted by atomic mass is 19.1. The minimum absolute atomic E-state index is 0.0534. The number of rotatable bonds is 7. The Morgan fingerprint density at radius 1 is 1.09 bits per heavy atom. The van der Waals surface area contributed by atoms with Crippen molar-refractivity contribution >= 4 is 29.6 Å². The van der Waals surface area contributed by atoms with Crippen molar-refractivity contribution in [3.05, 3.63) is 24.2 Å². The van der Waals surface area contributed by atoms with E-state index in [9.17, 15) is 24.3 Å². The van der Waals surface area contributed by atoms with Crippen LogP contribution < -0.4 is 11.1 Å². The number of nitrogens with one attached hydrogen (secondary N) is 1. The molecule has 18 heteroatoms. The zero-order valence-corrected chi connectivity index (χ0v) is 34.6. The number of ether oxygens (including phenoxy) is 5. The van der Waals surface area contributed by atoms with Crippen molar-refractivity contribution in [2.24, 2.45) is 17.8 Å². The molecule has 5 rings (SSSR count). The van der Waals surface area contributed by atoms with E-state index in [1.54, 1.807) is 47.9 Å². The average Bonchev–Trinajstić information content (AvgIpc) is 3.78. The fourth-order valence-electron chi connectivity index (χ4n) is 8.05. The number of aromatic nitrogens is 3. The SMILES string of the molecule is CC[C@H]1OC(=O)[C@@](C)(F)C(=O)[C@H](C)[C@@H](O[C@@H]2O[C@H](C)C[C@H](N(C)C)[C@H]2O)C[C@@](C)(OCC#Cc2cc(-c3cnc(N)nc3)no2)[C@@H](C)C(=O)[C@H](C)[C@H]2NC(=O)O[C@@]21C. The first-order chi connectivity index (χ1) is 27.1. The van der Waals surface area contributed by atoms with Gasteiger partial charge in [0.2, 0.25) is 11.7 Å². The molecule has 0 unspecified atom stereocenters. The van der Waals surface area contributed by atoms with Gasteiger partial charge in [0.1, 0.15) is 30.3 Å². The van der Waals surface area contributed by atoms with E-state index in [2.05, 4.69) is 32.3 Å². The third-order valence-corrected chi connectivity index (χ3v) is 11.9. The van der Waals surface area contributed by atoms with Crippen LogP contribution in [0.4, 0.5) is 15.1 Å². The molecule has 58 heavy (non-hydrogen) atoms. The Morgan fingerprint density at radius 2 is 1.76 bits per heavy atom. The van der Waals surface area contributed by atoms with Crippen molar-refractivity contribution in [3.63, 3.8) is 0 Å². The first-order valence-corrected chi connectivity index (χ1v) is 19.4. The number of alkyl carbamates (subject to hydrolysis) is 1. The minimum atomic E-state index is -3.20. The van der Waals surface area contributed by atoms with E-state index in [-0.39, 0.29) is 43.0 Å². The second-order valence-electron chi connectivity index (χ2n) is 16.3. The Bertz CT molecular complexity index is 1900. The van der Waals surface area contributed by atoms with Gasteiger partial charge in [0.05, 0.1) is 23.9 Å². The Hall–Kier alpha value is -4.54. The van der Waals surface area contributed by atoms with Gasteiger partial charge in [-0.05, 0) is 60.6 Å². The first kappa shape index (κ1) is 44.6. The largest absolute Gasteiger partial charge is 0.455 e. The van der Waals surface area contributed by atoms with Crippen molar-refractivity contribution in [3.8, 4) is 23.1 Å². The van der Waals surface area contributed by atoms with Crippen LogP contribution in [0.5, 0.6) is 0 Å². The number of halogens is 1. The van der Waals surface area contributed by atoms with Crippen LogP contribution in [0.2, 0.25) is 0 Å². The molecule has 318 valence electrons. The molecule has 0 bridgehead atoms. The summed E-state index contributed by atoms with van der Waals surface area (Å²) in [5, 5.41) is 18.1. The van der Waals surface area contributed by atoms with Crippen molar-refractivity contribution in [1.29, 1.82) is 0 Å². The lowest BCUT2D eigenvalue weighted by Gasteiger charge is -2.45. The number of amides is 1. The average molecular weight is 815 g/mol. The Morgan fingerprint density at radius 3 is 2.40 bits per heavy atom. The van der Waals surface area contributed by atoms with E-state index in [0.717, 1.165) is 6.92 Å². The molecule has 5 heterocycles. The van der Waals surface area contributed by atoms with Crippen LogP contribution in [0.15, 0.2) is 23.0 Å². The van der Waals surface area contributed by atoms with Crippen molar-refractivity contribution in [2.75, 3.05) is 26.4 Å². The topological polar surface area (TPSA) is 228 Å². The summed E-state index contributed by atoms with van der Waals surface area (Å²) in [6.45, 7) is 11.8. The number of anilines is 1. The number of aliphatic hydroxyl groups is 1. The predicted octanol–water partition coefficient (Wildman–Crippen LogP) is 3.02. The molecule has 0 aromatic carbocycles. The van der Waals surface area contributed by atoms with Crippen LogP contribution in [0.1, 0.15) is 80.4 Å². The number of nitrogens with zero attached hydrogens (tertiary/aromatic N) is 4. The van der Waals surface area contributed by atoms with E-state index >= 15 is 4.39 Å². The number of carbonyl (C=O) groups is 4. The zero-order chi connectivity index (χ0) is 42.9. The number of likely N-dealkylation sites (N-methyl/N-ethyl adjacent to an activating group) is 1. The molecular weight excluding hydrogens is 759 g/mol. The summed E-state index contributed by atoms with van der Waals surface area (Å²) in [6, 6.07) is 0.146. The summed E-state index contributed by atoms with van der Waals surface area (Å²) in [5.74, 6) is -0.362. The van der Waals surface area contributed by atoms with Crippen LogP contribution in [-0.4, -0.2) is 129 Å². The number of fused-ring (bicyclic) bond motifs is 1. The fraction of sp³-hybridized carbons (Fsp3) is 0.675. The standard InChI is InChI=1S/C40H55FN6O11/c1-11-29-40(8)32(45-37(52)57-40)22(4)30(48)23(5)38(6,53-14-12-13-25-16-26(46-58-25)24-18-43-36(42)44-19-24)17-28(21(3)33(50)39(7,41)35(51)56-29)55-34-31(49)27(47(9)10)15-20(2)54-34/h16,18-23,27-29,31-32,34,49H,11,14-15,17H2,1-10H3,(H,45,52)(H2,42,43,44)/t20-,21-,22+,23+,27+,28+,29-,31-,32-,34+,38-,39+,40-/m1/s1. The Kier molecular flexibility index (Phi) is 13.3. The number of nitrogens with two attached hydrogens (primary N) is 1. The first-order valence-electron chi connectivity index (χ1n) is 19.4. The second kappa shape index (κ2) is 17.4. The Balaban J connectivity index is 1.55. The van der Waals surface area contributed by atoms with Gasteiger partial charge in [0, 0.05) is 54.2 Å². The number of aliphatic hydroxyl groups excluding tert-OH is 1. The van der Waals surface area contributed by atoms with E-state index in [1.165, 1.54) is 26.2 Å². The van der Waals surface area contributed by atoms with Crippen LogP contribution in [0.3, 0.4) is 0 Å². The maximum absolute atomic E-state index is 16.7. The quantitative estimate of drug-likeness (QED) is 0.207. The van der Waals surface area contributed by atoms with Gasteiger partial charge < -0.3 is 49.3 Å². The molecule has 2 aromatic heterocycles. The summed E-state index contributed by atoms with van der Waals surface area (Å²) in [7, 11) is 3.60. The molecular formula is C40H55FN6O11. The molecule has 3 aliphatic rings. The van der Waals surface area contributed by atoms with Crippen molar-refractivity contribution < 1.29 is 56.9 Å². The summed E-state index contributed by atoms with van der Waals surface area (Å²) < 4.78 is 52.4. The number of ketones is 2. The molecule has 1 amide bonds. The van der Waals surface area contributed by atoms with Crippen molar-refractivity contribution in [2.45, 2.75) is 134 Å². The van der Waals surface area contributed by atoms with Gasteiger partial charge in [-0.2, -0.15) is 0 Å². The lowest BCUT2D eigenvalue weighted by molar-refractivity contribution is -0.278. The van der Waals surface area contributed by atoms with Gasteiger partial charge in [-0.3, -0.25) is 9.59 Å². The summed E-state index contributed by atoms with van der Waals surface area (Å²) in [5.41, 5.74) is 0.215. The molecule has 4 N–H and O–H groups in total. The van der Waals surface area contributed by atoms with Crippen LogP contribution in [0, 0.1) is 29.6 Å². The Labute approximate surface area is 337 Å². The van der Waals surface area contributed by atoms with E-state index in [1.807, 2.05) is 11.8 Å². The summed E-state index contributed by atoms with van der Waals surface area (Å²) >= 11 is 0. The second-order valence-corrected chi connectivity index (χ2v) is 16.3. The molecule has 3 fully saturated rings. The van der Waals surface area contributed by atoms with E-state index < -0.39 is 89.2 Å². The molecule has 0 spiro atoms. The third-order valence-electron chi connectivity index (χ3n) is 11.9. The molecule has 13 atom stereocenters. The van der Waals surface area contributed by atoms with E-state index in [0.29, 0.717) is 17.7 Å². The van der Waals surface area contributed by atoms with Gasteiger partial charge >= 0.3 is 12.1 Å². The normalized spacial score (nSPS) is 37.5. The molecule has 2 aromatic rings. The monoisotopic (exact) mass is 814 g/mol. The highest BCUT2D eigenvalue weighted by Crippen LogP contribution is 2.41. The number of alkyl halides is 1. The smallest absolute Gasteiger partial charge is 0.408 e. The molecule has 3 aliphatic heterocycles. The number of nitrogen functional groups attached to an aromatic ring is 1. The summed E-state index contributed by atoms with van der Waals surface area (Å²) in [6.07, 6.45) is -3.00. The zero-order valence-electron chi connectivity index (χ0n) is 34.6. The number of Topliss-reactive ketones (excluding diaryl/α,β-unsaturated/α-hetero) is 2. The predicted molar refractivity (Wildman–Crippen MR) is 204 cm³/mol. The minimum Gasteiger partial charge on any atom is -0.455 e. The maximum Gasteiger partial charge on any atom is 0.408 e. The molecule has 0 aliphatic carbocycles. The molecule has 17 nitrogen and oxygen atoms in total. The number of hydrogen-bond acceptors (Lipinski definition) is 16. The fourth-order valence-corrected chi connectivity index (χ4v) is 8.05. The highest BCUT2D eigenvalue weighted by molar-refractivity contribution is 6.07. The molecule has 0 radical (unpaired) electrons. The van der Waals surface area contributed by atoms with Crippen LogP contribution >= 0.6 is 0 Å².